The summed E-state index contributed by atoms with van der Waals surface area (Å²) in [6.07, 6.45) is 2.54. The number of hydrogen-bond acceptors (Lipinski definition) is 4. The average Bonchev–Trinajstić information content (AvgIpc) is 2.43. The fourth-order valence-electron chi connectivity index (χ4n) is 2.19. The fraction of sp³-hybridized carbons (Fsp3) is 0.812. The van der Waals surface area contributed by atoms with Gasteiger partial charge in [-0.15, -0.1) is 0 Å². The number of amides is 2. The summed E-state index contributed by atoms with van der Waals surface area (Å²) in [5, 5.41) is 5.48. The maximum Gasteiger partial charge on any atom is 0.325 e. The molecule has 0 heterocycles. The summed E-state index contributed by atoms with van der Waals surface area (Å²) >= 11 is 0. The lowest BCUT2D eigenvalue weighted by atomic mass is 9.85. The summed E-state index contributed by atoms with van der Waals surface area (Å²) in [4.78, 5) is 36.2. The zero-order valence-corrected chi connectivity index (χ0v) is 14.7. The maximum atomic E-state index is 12.6. The summed E-state index contributed by atoms with van der Waals surface area (Å²) in [5.74, 6) is -1.03. The SMILES string of the molecule is CCCC(CCC)(NC(=O)C(C)(C)C)C(=O)NCC(=O)OC. The molecule has 6 heteroatoms. The Kier molecular flexibility index (Phi) is 8.12. The topological polar surface area (TPSA) is 84.5 Å². The predicted octanol–water partition coefficient (Wildman–Crippen LogP) is 1.78. The Labute approximate surface area is 133 Å². The van der Waals surface area contributed by atoms with E-state index >= 15 is 0 Å². The molecule has 0 saturated carbocycles. The van der Waals surface area contributed by atoms with Crippen molar-refractivity contribution < 1.29 is 19.1 Å². The standard InChI is InChI=1S/C16H30N2O4/c1-7-9-16(10-8-2,18-13(20)15(3,4)5)14(21)17-11-12(19)22-6/h7-11H2,1-6H3,(H,17,21)(H,18,20). The van der Waals surface area contributed by atoms with Crippen molar-refractivity contribution in [1.29, 1.82) is 0 Å². The minimum Gasteiger partial charge on any atom is -0.468 e. The molecule has 0 spiro atoms. The molecule has 0 unspecified atom stereocenters. The van der Waals surface area contributed by atoms with Gasteiger partial charge in [0.1, 0.15) is 12.1 Å². The molecule has 0 aromatic heterocycles. The van der Waals surface area contributed by atoms with E-state index in [1.165, 1.54) is 7.11 Å². The van der Waals surface area contributed by atoms with E-state index in [2.05, 4.69) is 15.4 Å². The third-order valence-corrected chi connectivity index (χ3v) is 3.44. The van der Waals surface area contributed by atoms with Crippen LogP contribution in [0.15, 0.2) is 0 Å². The van der Waals surface area contributed by atoms with Crippen LogP contribution in [0.3, 0.4) is 0 Å². The lowest BCUT2D eigenvalue weighted by molar-refractivity contribution is -0.143. The summed E-state index contributed by atoms with van der Waals surface area (Å²) in [6.45, 7) is 9.13. The summed E-state index contributed by atoms with van der Waals surface area (Å²) < 4.78 is 4.53. The number of rotatable bonds is 8. The Balaban J connectivity index is 5.25. The Morgan fingerprint density at radius 1 is 0.955 bits per heavy atom. The quantitative estimate of drug-likeness (QED) is 0.669. The number of ether oxygens (including phenoxy) is 1. The molecule has 0 aromatic carbocycles. The van der Waals surface area contributed by atoms with Gasteiger partial charge in [-0.2, -0.15) is 0 Å². The van der Waals surface area contributed by atoms with E-state index in [1.807, 2.05) is 13.8 Å². The molecule has 0 bridgehead atoms. The minimum absolute atomic E-state index is 0.178. The molecule has 0 aliphatic rings. The van der Waals surface area contributed by atoms with Crippen LogP contribution in [0.25, 0.3) is 0 Å². The van der Waals surface area contributed by atoms with Crippen molar-refractivity contribution in [2.24, 2.45) is 5.41 Å². The van der Waals surface area contributed by atoms with E-state index in [0.29, 0.717) is 12.8 Å². The van der Waals surface area contributed by atoms with Gasteiger partial charge < -0.3 is 15.4 Å². The molecule has 128 valence electrons. The summed E-state index contributed by atoms with van der Waals surface area (Å²) in [5.41, 5.74) is -1.57. The van der Waals surface area contributed by atoms with E-state index in [-0.39, 0.29) is 18.4 Å². The van der Waals surface area contributed by atoms with Crippen LogP contribution in [-0.4, -0.2) is 37.0 Å². The van der Waals surface area contributed by atoms with Gasteiger partial charge >= 0.3 is 5.97 Å². The number of esters is 1. The van der Waals surface area contributed by atoms with Gasteiger partial charge in [-0.3, -0.25) is 14.4 Å². The molecule has 2 amide bonds. The molecular formula is C16H30N2O4. The average molecular weight is 314 g/mol. The highest BCUT2D eigenvalue weighted by Crippen LogP contribution is 2.23. The van der Waals surface area contributed by atoms with Gasteiger partial charge in [-0.05, 0) is 12.8 Å². The molecule has 6 nitrogen and oxygen atoms in total. The van der Waals surface area contributed by atoms with E-state index in [4.69, 9.17) is 0 Å². The lowest BCUT2D eigenvalue weighted by Crippen LogP contribution is -2.61. The molecule has 0 rings (SSSR count). The third-order valence-electron chi connectivity index (χ3n) is 3.44. The molecular weight excluding hydrogens is 284 g/mol. The van der Waals surface area contributed by atoms with E-state index in [0.717, 1.165) is 12.8 Å². The first-order valence-electron chi connectivity index (χ1n) is 7.80. The molecule has 22 heavy (non-hydrogen) atoms. The van der Waals surface area contributed by atoms with Crippen LogP contribution in [0, 0.1) is 5.41 Å². The smallest absolute Gasteiger partial charge is 0.325 e. The Bertz CT molecular complexity index is 393. The lowest BCUT2D eigenvalue weighted by Gasteiger charge is -2.35. The highest BCUT2D eigenvalue weighted by Gasteiger charge is 2.40. The number of methoxy groups -OCH3 is 1. The Morgan fingerprint density at radius 3 is 1.82 bits per heavy atom. The van der Waals surface area contributed by atoms with E-state index in [9.17, 15) is 14.4 Å². The summed E-state index contributed by atoms with van der Waals surface area (Å²) in [6, 6.07) is 0. The van der Waals surface area contributed by atoms with Crippen molar-refractivity contribution in [2.75, 3.05) is 13.7 Å². The van der Waals surface area contributed by atoms with Crippen molar-refractivity contribution in [2.45, 2.75) is 65.8 Å². The van der Waals surface area contributed by atoms with Gasteiger partial charge in [0.15, 0.2) is 0 Å². The van der Waals surface area contributed by atoms with Gasteiger partial charge in [0.05, 0.1) is 7.11 Å². The van der Waals surface area contributed by atoms with Crippen LogP contribution in [0.2, 0.25) is 0 Å². The van der Waals surface area contributed by atoms with Crippen molar-refractivity contribution in [3.05, 3.63) is 0 Å². The first-order chi connectivity index (χ1) is 10.1. The van der Waals surface area contributed by atoms with Crippen molar-refractivity contribution in [3.8, 4) is 0 Å². The third kappa shape index (κ3) is 6.03. The van der Waals surface area contributed by atoms with Crippen molar-refractivity contribution in [3.63, 3.8) is 0 Å². The van der Waals surface area contributed by atoms with Gasteiger partial charge in [-0.25, -0.2) is 0 Å². The zero-order chi connectivity index (χ0) is 17.4. The second-order valence-electron chi connectivity index (χ2n) is 6.55. The van der Waals surface area contributed by atoms with Crippen LogP contribution in [0.4, 0.5) is 0 Å². The number of hydrogen-bond donors (Lipinski definition) is 2. The Morgan fingerprint density at radius 2 is 1.45 bits per heavy atom. The maximum absolute atomic E-state index is 12.6. The number of nitrogens with one attached hydrogen (secondary N) is 2. The molecule has 0 aliphatic carbocycles. The monoisotopic (exact) mass is 314 g/mol. The first kappa shape index (κ1) is 20.4. The largest absolute Gasteiger partial charge is 0.468 e. The second kappa shape index (κ2) is 8.76. The van der Waals surface area contributed by atoms with Crippen molar-refractivity contribution in [1.82, 2.24) is 10.6 Å². The van der Waals surface area contributed by atoms with Gasteiger partial charge in [-0.1, -0.05) is 47.5 Å². The van der Waals surface area contributed by atoms with E-state index in [1.54, 1.807) is 20.8 Å². The van der Waals surface area contributed by atoms with Crippen LogP contribution in [-0.2, 0) is 19.1 Å². The summed E-state index contributed by atoms with van der Waals surface area (Å²) in [7, 11) is 1.27. The molecule has 0 fully saturated rings. The fourth-order valence-corrected chi connectivity index (χ4v) is 2.19. The normalized spacial score (nSPS) is 11.7. The van der Waals surface area contributed by atoms with E-state index < -0.39 is 16.9 Å². The molecule has 0 aliphatic heterocycles. The van der Waals surface area contributed by atoms with Crippen molar-refractivity contribution >= 4 is 17.8 Å². The highest BCUT2D eigenvalue weighted by atomic mass is 16.5. The molecule has 0 atom stereocenters. The van der Waals surface area contributed by atoms with Crippen LogP contribution >= 0.6 is 0 Å². The molecule has 0 radical (unpaired) electrons. The first-order valence-corrected chi connectivity index (χ1v) is 7.80. The molecule has 0 aromatic rings. The molecule has 2 N–H and O–H groups in total. The van der Waals surface area contributed by atoms with Gasteiger partial charge in [0.2, 0.25) is 11.8 Å². The predicted molar refractivity (Wildman–Crippen MR) is 85.2 cm³/mol. The molecule has 0 saturated heterocycles. The van der Waals surface area contributed by atoms with Crippen LogP contribution in [0.5, 0.6) is 0 Å². The number of carbonyl (C=O) groups excluding carboxylic acids is 3. The van der Waals surface area contributed by atoms with Crippen LogP contribution < -0.4 is 10.6 Å². The van der Waals surface area contributed by atoms with Gasteiger partial charge in [0.25, 0.3) is 0 Å². The minimum atomic E-state index is -0.984. The highest BCUT2D eigenvalue weighted by molar-refractivity contribution is 5.94. The second-order valence-corrected chi connectivity index (χ2v) is 6.55. The zero-order valence-electron chi connectivity index (χ0n) is 14.7. The number of carbonyl (C=O) groups is 3. The van der Waals surface area contributed by atoms with Crippen LogP contribution in [0.1, 0.15) is 60.3 Å². The van der Waals surface area contributed by atoms with Gasteiger partial charge in [0, 0.05) is 5.41 Å². The Hall–Kier alpha value is -1.59.